The SMILES string of the molecule is CNC1CCN(c2cc(NCCCOC)ncn2)C1. The smallest absolute Gasteiger partial charge is 0.134 e. The summed E-state index contributed by atoms with van der Waals surface area (Å²) in [5, 5.41) is 6.61. The standard InChI is InChI=1S/C13H23N5O/c1-14-11-4-6-18(9-11)13-8-12(16-10-17-13)15-5-3-7-19-2/h8,10-11,14H,3-7,9H2,1-2H3,(H,15,16,17). The maximum absolute atomic E-state index is 5.02. The second-order valence-electron chi connectivity index (χ2n) is 4.75. The van der Waals surface area contributed by atoms with Gasteiger partial charge in [-0.25, -0.2) is 9.97 Å². The van der Waals surface area contributed by atoms with Gasteiger partial charge in [-0.2, -0.15) is 0 Å². The van der Waals surface area contributed by atoms with E-state index in [1.54, 1.807) is 13.4 Å². The number of hydrogen-bond acceptors (Lipinski definition) is 6. The van der Waals surface area contributed by atoms with Gasteiger partial charge >= 0.3 is 0 Å². The summed E-state index contributed by atoms with van der Waals surface area (Å²) in [6, 6.07) is 2.58. The molecule has 1 atom stereocenters. The third kappa shape index (κ3) is 4.04. The largest absolute Gasteiger partial charge is 0.385 e. The van der Waals surface area contributed by atoms with Crippen LogP contribution in [0.3, 0.4) is 0 Å². The molecule has 0 radical (unpaired) electrons. The Balaban J connectivity index is 1.88. The molecule has 6 nitrogen and oxygen atoms in total. The minimum absolute atomic E-state index is 0.563. The van der Waals surface area contributed by atoms with Gasteiger partial charge in [-0.3, -0.25) is 0 Å². The minimum atomic E-state index is 0.563. The lowest BCUT2D eigenvalue weighted by Gasteiger charge is -2.17. The summed E-state index contributed by atoms with van der Waals surface area (Å²) < 4.78 is 5.02. The van der Waals surface area contributed by atoms with Crippen LogP contribution in [0.15, 0.2) is 12.4 Å². The highest BCUT2D eigenvalue weighted by Crippen LogP contribution is 2.19. The van der Waals surface area contributed by atoms with Gasteiger partial charge in [0.1, 0.15) is 18.0 Å². The van der Waals surface area contributed by atoms with Crippen LogP contribution in [0.2, 0.25) is 0 Å². The van der Waals surface area contributed by atoms with E-state index in [4.69, 9.17) is 4.74 Å². The predicted molar refractivity (Wildman–Crippen MR) is 76.7 cm³/mol. The maximum atomic E-state index is 5.02. The van der Waals surface area contributed by atoms with Crippen LogP contribution in [0.1, 0.15) is 12.8 Å². The van der Waals surface area contributed by atoms with Crippen molar-refractivity contribution in [2.45, 2.75) is 18.9 Å². The van der Waals surface area contributed by atoms with E-state index in [1.807, 2.05) is 13.1 Å². The van der Waals surface area contributed by atoms with Gasteiger partial charge in [0.25, 0.3) is 0 Å². The fourth-order valence-corrected chi connectivity index (χ4v) is 2.25. The van der Waals surface area contributed by atoms with Gasteiger partial charge in [0, 0.05) is 45.5 Å². The number of likely N-dealkylation sites (N-methyl/N-ethyl adjacent to an activating group) is 1. The molecule has 0 saturated carbocycles. The van der Waals surface area contributed by atoms with E-state index in [0.29, 0.717) is 6.04 Å². The Labute approximate surface area is 114 Å². The predicted octanol–water partition coefficient (Wildman–Crippen LogP) is 0.723. The van der Waals surface area contributed by atoms with Crippen LogP contribution in [-0.2, 0) is 4.74 Å². The summed E-state index contributed by atoms with van der Waals surface area (Å²) in [4.78, 5) is 10.9. The van der Waals surface area contributed by atoms with Crippen molar-refractivity contribution in [1.82, 2.24) is 15.3 Å². The highest BCUT2D eigenvalue weighted by Gasteiger charge is 2.22. The van der Waals surface area contributed by atoms with Gasteiger partial charge in [-0.1, -0.05) is 0 Å². The van der Waals surface area contributed by atoms with Gasteiger partial charge < -0.3 is 20.3 Å². The zero-order valence-corrected chi connectivity index (χ0v) is 11.7. The first-order valence-corrected chi connectivity index (χ1v) is 6.80. The fourth-order valence-electron chi connectivity index (χ4n) is 2.25. The van der Waals surface area contributed by atoms with Gasteiger partial charge in [0.2, 0.25) is 0 Å². The van der Waals surface area contributed by atoms with E-state index in [0.717, 1.165) is 50.7 Å². The van der Waals surface area contributed by atoms with E-state index in [2.05, 4.69) is 25.5 Å². The zero-order valence-electron chi connectivity index (χ0n) is 11.7. The number of anilines is 2. The third-order valence-electron chi connectivity index (χ3n) is 3.40. The lowest BCUT2D eigenvalue weighted by Crippen LogP contribution is -2.29. The summed E-state index contributed by atoms with van der Waals surface area (Å²) in [5.41, 5.74) is 0. The lowest BCUT2D eigenvalue weighted by atomic mass is 10.3. The number of aromatic nitrogens is 2. The Morgan fingerprint density at radius 1 is 1.47 bits per heavy atom. The zero-order chi connectivity index (χ0) is 13.5. The molecule has 1 aliphatic rings. The van der Waals surface area contributed by atoms with E-state index < -0.39 is 0 Å². The summed E-state index contributed by atoms with van der Waals surface area (Å²) in [6.45, 7) is 3.69. The summed E-state index contributed by atoms with van der Waals surface area (Å²) in [7, 11) is 3.73. The van der Waals surface area contributed by atoms with Crippen molar-refractivity contribution < 1.29 is 4.74 Å². The second kappa shape index (κ2) is 7.25. The molecule has 0 aliphatic carbocycles. The molecule has 1 saturated heterocycles. The molecule has 0 bridgehead atoms. The lowest BCUT2D eigenvalue weighted by molar-refractivity contribution is 0.198. The molecule has 6 heteroatoms. The van der Waals surface area contributed by atoms with Crippen LogP contribution >= 0.6 is 0 Å². The van der Waals surface area contributed by atoms with Crippen LogP contribution < -0.4 is 15.5 Å². The number of ether oxygens (including phenoxy) is 1. The highest BCUT2D eigenvalue weighted by molar-refractivity contribution is 5.49. The average Bonchev–Trinajstić information content (AvgIpc) is 2.93. The maximum Gasteiger partial charge on any atom is 0.134 e. The number of methoxy groups -OCH3 is 1. The van der Waals surface area contributed by atoms with E-state index >= 15 is 0 Å². The number of rotatable bonds is 7. The summed E-state index contributed by atoms with van der Waals surface area (Å²) >= 11 is 0. The Morgan fingerprint density at radius 2 is 2.37 bits per heavy atom. The van der Waals surface area contributed by atoms with Crippen molar-refractivity contribution in [2.75, 3.05) is 50.6 Å². The van der Waals surface area contributed by atoms with Crippen molar-refractivity contribution in [3.05, 3.63) is 12.4 Å². The average molecular weight is 265 g/mol. The number of nitrogens with zero attached hydrogens (tertiary/aromatic N) is 3. The van der Waals surface area contributed by atoms with Crippen molar-refractivity contribution >= 4 is 11.6 Å². The van der Waals surface area contributed by atoms with Gasteiger partial charge in [-0.05, 0) is 19.9 Å². The van der Waals surface area contributed by atoms with Crippen LogP contribution in [0.5, 0.6) is 0 Å². The Kier molecular flexibility index (Phi) is 5.35. The molecule has 1 unspecified atom stereocenters. The van der Waals surface area contributed by atoms with Gasteiger partial charge in [0.15, 0.2) is 0 Å². The quantitative estimate of drug-likeness (QED) is 0.709. The Hall–Kier alpha value is -1.40. The summed E-state index contributed by atoms with van der Waals surface area (Å²) in [5.74, 6) is 1.89. The van der Waals surface area contributed by atoms with Crippen LogP contribution in [-0.4, -0.2) is 56.4 Å². The molecule has 1 aromatic rings. The van der Waals surface area contributed by atoms with Gasteiger partial charge in [-0.15, -0.1) is 0 Å². The minimum Gasteiger partial charge on any atom is -0.385 e. The first-order valence-electron chi connectivity index (χ1n) is 6.80. The molecular weight excluding hydrogens is 242 g/mol. The van der Waals surface area contributed by atoms with Crippen molar-refractivity contribution in [3.8, 4) is 0 Å². The first-order chi connectivity index (χ1) is 9.33. The topological polar surface area (TPSA) is 62.3 Å². The van der Waals surface area contributed by atoms with Crippen molar-refractivity contribution in [3.63, 3.8) is 0 Å². The van der Waals surface area contributed by atoms with E-state index in [-0.39, 0.29) is 0 Å². The molecule has 0 amide bonds. The second-order valence-corrected chi connectivity index (χ2v) is 4.75. The molecule has 1 aliphatic heterocycles. The van der Waals surface area contributed by atoms with E-state index in [1.165, 1.54) is 0 Å². The molecule has 1 fully saturated rings. The molecule has 2 rings (SSSR count). The van der Waals surface area contributed by atoms with Crippen LogP contribution in [0, 0.1) is 0 Å². The fraction of sp³-hybridized carbons (Fsp3) is 0.692. The molecule has 106 valence electrons. The first kappa shape index (κ1) is 14.0. The highest BCUT2D eigenvalue weighted by atomic mass is 16.5. The summed E-state index contributed by atoms with van der Waals surface area (Å²) in [6.07, 6.45) is 3.76. The van der Waals surface area contributed by atoms with E-state index in [9.17, 15) is 0 Å². The number of hydrogen-bond donors (Lipinski definition) is 2. The Bertz CT molecular complexity index is 387. The molecule has 1 aromatic heterocycles. The molecule has 0 spiro atoms. The molecular formula is C13H23N5O. The van der Waals surface area contributed by atoms with Crippen molar-refractivity contribution in [2.24, 2.45) is 0 Å². The molecule has 0 aromatic carbocycles. The number of nitrogens with one attached hydrogen (secondary N) is 2. The van der Waals surface area contributed by atoms with Crippen LogP contribution in [0.25, 0.3) is 0 Å². The molecule has 2 N–H and O–H groups in total. The normalized spacial score (nSPS) is 18.8. The third-order valence-corrected chi connectivity index (χ3v) is 3.40. The Morgan fingerprint density at radius 3 is 3.11 bits per heavy atom. The molecule has 19 heavy (non-hydrogen) atoms. The van der Waals surface area contributed by atoms with Crippen LogP contribution in [0.4, 0.5) is 11.6 Å². The van der Waals surface area contributed by atoms with Gasteiger partial charge in [0.05, 0.1) is 0 Å². The van der Waals surface area contributed by atoms with Crippen molar-refractivity contribution in [1.29, 1.82) is 0 Å². The molecule has 2 heterocycles. The monoisotopic (exact) mass is 265 g/mol.